The second-order valence-corrected chi connectivity index (χ2v) is 7.99. The van der Waals surface area contributed by atoms with Crippen LogP contribution >= 0.6 is 0 Å². The first-order chi connectivity index (χ1) is 16.7. The van der Waals surface area contributed by atoms with Crippen LogP contribution in [0.4, 0.5) is 0 Å². The molecule has 4 nitrogen and oxygen atoms in total. The summed E-state index contributed by atoms with van der Waals surface area (Å²) in [6.45, 7) is 0. The summed E-state index contributed by atoms with van der Waals surface area (Å²) in [5, 5.41) is 9.05. The van der Waals surface area contributed by atoms with E-state index >= 15 is 0 Å². The minimum Gasteiger partial charge on any atom is -0.318 e. The average Bonchev–Trinajstić information content (AvgIpc) is 3.41. The van der Waals surface area contributed by atoms with Crippen LogP contribution in [0.2, 0.25) is 0 Å². The second kappa shape index (κ2) is 9.01. The summed E-state index contributed by atoms with van der Waals surface area (Å²) in [4.78, 5) is 17.8. The Morgan fingerprint density at radius 2 is 1.18 bits per heavy atom. The van der Waals surface area contributed by atoms with E-state index in [1.54, 1.807) is 30.6 Å². The van der Waals surface area contributed by atoms with Crippen molar-refractivity contribution in [2.24, 2.45) is 0 Å². The third-order valence-electron chi connectivity index (χ3n) is 6.05. The number of hydrogen-bond acceptors (Lipinski definition) is 3. The van der Waals surface area contributed by atoms with Crippen molar-refractivity contribution < 1.29 is 4.79 Å². The fourth-order valence-electron chi connectivity index (χ4n) is 4.45. The maximum absolute atomic E-state index is 13.2. The van der Waals surface area contributed by atoms with E-state index in [0.29, 0.717) is 16.8 Å². The molecule has 4 heteroatoms. The van der Waals surface area contributed by atoms with Gasteiger partial charge in [0.1, 0.15) is 11.2 Å². The summed E-state index contributed by atoms with van der Waals surface area (Å²) in [6, 6.07) is 39.4. The molecule has 0 fully saturated rings. The molecule has 0 bridgehead atoms. The van der Waals surface area contributed by atoms with Crippen LogP contribution in [-0.2, 0) is 5.54 Å². The molecule has 0 spiro atoms. The van der Waals surface area contributed by atoms with Crippen molar-refractivity contribution in [2.75, 3.05) is 0 Å². The lowest BCUT2D eigenvalue weighted by Crippen LogP contribution is -2.37. The smallest absolute Gasteiger partial charge is 0.212 e. The monoisotopic (exact) mass is 439 g/mol. The van der Waals surface area contributed by atoms with Gasteiger partial charge in [-0.2, -0.15) is 5.26 Å². The third kappa shape index (κ3) is 3.60. The lowest BCUT2D eigenvalue weighted by Gasteiger charge is -2.37. The molecule has 0 saturated heterocycles. The molecule has 0 aliphatic heterocycles. The molecule has 0 aliphatic rings. The number of rotatable bonds is 6. The number of nitrogens with zero attached hydrogens (tertiary/aromatic N) is 3. The number of hydrogen-bond donors (Lipinski definition) is 0. The van der Waals surface area contributed by atoms with E-state index in [1.807, 2.05) is 65.4 Å². The molecule has 0 radical (unpaired) electrons. The minimum atomic E-state index is -0.722. The van der Waals surface area contributed by atoms with Gasteiger partial charge >= 0.3 is 0 Å². The number of carbonyl (C=O) groups is 1. The normalized spacial score (nSPS) is 11.0. The lowest BCUT2D eigenvalue weighted by atomic mass is 9.77. The zero-order chi connectivity index (χ0) is 23.4. The number of benzene rings is 4. The van der Waals surface area contributed by atoms with Crippen LogP contribution in [0.5, 0.6) is 0 Å². The fourth-order valence-corrected chi connectivity index (χ4v) is 4.45. The summed E-state index contributed by atoms with van der Waals surface area (Å²) < 4.78 is 2.02. The first-order valence-electron chi connectivity index (χ1n) is 11.0. The fraction of sp³-hybridized carbons (Fsp3) is 0.0333. The summed E-state index contributed by atoms with van der Waals surface area (Å²) in [7, 11) is 0. The molecular formula is C30H21N3O. The average molecular weight is 440 g/mol. The van der Waals surface area contributed by atoms with Crippen molar-refractivity contribution in [2.45, 2.75) is 5.54 Å². The number of imidazole rings is 1. The van der Waals surface area contributed by atoms with Gasteiger partial charge in [-0.15, -0.1) is 0 Å². The first-order valence-corrected chi connectivity index (χ1v) is 11.0. The van der Waals surface area contributed by atoms with E-state index in [1.165, 1.54) is 0 Å². The predicted molar refractivity (Wildman–Crippen MR) is 131 cm³/mol. The van der Waals surface area contributed by atoms with Gasteiger partial charge in [-0.25, -0.2) is 4.98 Å². The van der Waals surface area contributed by atoms with Gasteiger partial charge in [-0.05, 0) is 41.0 Å². The van der Waals surface area contributed by atoms with Crippen LogP contribution in [0.1, 0.15) is 38.3 Å². The number of nitriles is 1. The van der Waals surface area contributed by atoms with Crippen LogP contribution in [0.15, 0.2) is 128 Å². The van der Waals surface area contributed by atoms with Crippen molar-refractivity contribution in [3.63, 3.8) is 0 Å². The molecule has 1 heterocycles. The van der Waals surface area contributed by atoms with Crippen molar-refractivity contribution in [3.8, 4) is 6.07 Å². The highest BCUT2D eigenvalue weighted by Gasteiger charge is 2.38. The zero-order valence-electron chi connectivity index (χ0n) is 18.4. The van der Waals surface area contributed by atoms with Gasteiger partial charge in [0.2, 0.25) is 5.78 Å². The highest BCUT2D eigenvalue weighted by atomic mass is 16.1. The molecule has 0 N–H and O–H groups in total. The Balaban J connectivity index is 1.72. The predicted octanol–water partition coefficient (Wildman–Crippen LogP) is 5.83. The largest absolute Gasteiger partial charge is 0.318 e. The van der Waals surface area contributed by atoms with E-state index in [9.17, 15) is 4.79 Å². The number of aromatic nitrogens is 2. The summed E-state index contributed by atoms with van der Waals surface area (Å²) >= 11 is 0. The number of carbonyl (C=O) groups excluding carboxylic acids is 1. The molecule has 1 aromatic heterocycles. The first kappa shape index (κ1) is 21.1. The van der Waals surface area contributed by atoms with Crippen LogP contribution in [0.25, 0.3) is 0 Å². The Kier molecular flexibility index (Phi) is 5.60. The number of ketones is 1. The summed E-state index contributed by atoms with van der Waals surface area (Å²) in [6.07, 6.45) is 3.54. The minimum absolute atomic E-state index is 0.189. The molecule has 0 atom stereocenters. The Morgan fingerprint density at radius 1 is 0.706 bits per heavy atom. The molecule has 4 aromatic carbocycles. The summed E-state index contributed by atoms with van der Waals surface area (Å²) in [5.74, 6) is -0.189. The van der Waals surface area contributed by atoms with Crippen LogP contribution in [0, 0.1) is 11.3 Å². The maximum atomic E-state index is 13.2. The molecule has 5 aromatic rings. The quantitative estimate of drug-likeness (QED) is 0.247. The van der Waals surface area contributed by atoms with Crippen LogP contribution in [-0.4, -0.2) is 15.3 Å². The maximum Gasteiger partial charge on any atom is 0.212 e. The molecule has 0 saturated carbocycles. The lowest BCUT2D eigenvalue weighted by molar-refractivity contribution is 0.103. The van der Waals surface area contributed by atoms with Gasteiger partial charge in [-0.3, -0.25) is 4.79 Å². The molecule has 34 heavy (non-hydrogen) atoms. The topological polar surface area (TPSA) is 58.7 Å². The van der Waals surface area contributed by atoms with Crippen molar-refractivity contribution in [3.05, 3.63) is 161 Å². The van der Waals surface area contributed by atoms with Gasteiger partial charge in [0.25, 0.3) is 0 Å². The Bertz CT molecular complexity index is 1350. The second-order valence-electron chi connectivity index (χ2n) is 7.99. The molecule has 0 amide bonds. The SMILES string of the molecule is N#Cc1ccc(C(=O)c2cn(C(c3ccccc3)(c3ccccc3)c3ccccc3)cn2)cc1. The highest BCUT2D eigenvalue weighted by molar-refractivity contribution is 6.07. The van der Waals surface area contributed by atoms with Crippen LogP contribution in [0.3, 0.4) is 0 Å². The molecule has 162 valence electrons. The molecule has 0 unspecified atom stereocenters. The highest BCUT2D eigenvalue weighted by Crippen LogP contribution is 2.40. The Labute approximate surface area is 198 Å². The van der Waals surface area contributed by atoms with E-state index in [0.717, 1.165) is 16.7 Å². The van der Waals surface area contributed by atoms with E-state index < -0.39 is 5.54 Å². The van der Waals surface area contributed by atoms with Gasteiger partial charge in [0, 0.05) is 11.8 Å². The molecule has 0 aliphatic carbocycles. The standard InChI is InChI=1S/C30H21N3O/c31-20-23-16-18-24(19-17-23)29(34)28-21-33(22-32-28)30(25-10-4-1-5-11-25,26-12-6-2-7-13-26)27-14-8-3-9-15-27/h1-19,21-22H. The van der Waals surface area contributed by atoms with Gasteiger partial charge in [0.05, 0.1) is 18.0 Å². The summed E-state index contributed by atoms with van der Waals surface area (Å²) in [5.41, 5.74) is 3.80. The zero-order valence-corrected chi connectivity index (χ0v) is 18.4. The van der Waals surface area contributed by atoms with Gasteiger partial charge in [-0.1, -0.05) is 91.0 Å². The van der Waals surface area contributed by atoms with Crippen molar-refractivity contribution >= 4 is 5.78 Å². The Hall–Kier alpha value is -4.75. The molecule has 5 rings (SSSR count). The van der Waals surface area contributed by atoms with Gasteiger partial charge in [0.15, 0.2) is 0 Å². The van der Waals surface area contributed by atoms with E-state index in [4.69, 9.17) is 5.26 Å². The molecular weight excluding hydrogens is 418 g/mol. The van der Waals surface area contributed by atoms with Crippen LogP contribution < -0.4 is 0 Å². The third-order valence-corrected chi connectivity index (χ3v) is 6.05. The Morgan fingerprint density at radius 3 is 1.62 bits per heavy atom. The van der Waals surface area contributed by atoms with Gasteiger partial charge < -0.3 is 4.57 Å². The van der Waals surface area contributed by atoms with Crippen molar-refractivity contribution in [1.29, 1.82) is 5.26 Å². The van der Waals surface area contributed by atoms with E-state index in [2.05, 4.69) is 47.5 Å². The van der Waals surface area contributed by atoms with E-state index in [-0.39, 0.29) is 5.78 Å². The van der Waals surface area contributed by atoms with Crippen molar-refractivity contribution in [1.82, 2.24) is 9.55 Å².